The van der Waals surface area contributed by atoms with Crippen LogP contribution in [0.3, 0.4) is 0 Å². The first-order valence-electron chi connectivity index (χ1n) is 9.80. The summed E-state index contributed by atoms with van der Waals surface area (Å²) in [6.07, 6.45) is 0.924. The molecule has 2 unspecified atom stereocenters. The smallest absolute Gasteiger partial charge is 0.242 e. The summed E-state index contributed by atoms with van der Waals surface area (Å²) in [7, 11) is 0. The molecule has 0 aromatic heterocycles. The predicted octanol–water partition coefficient (Wildman–Crippen LogP) is 5.18. The van der Waals surface area contributed by atoms with Gasteiger partial charge in [-0.25, -0.2) is 0 Å². The zero-order valence-electron chi connectivity index (χ0n) is 17.3. The van der Waals surface area contributed by atoms with Crippen molar-refractivity contribution >= 4 is 35.0 Å². The summed E-state index contributed by atoms with van der Waals surface area (Å²) < 4.78 is 0. The molecule has 0 fully saturated rings. The Labute approximate surface area is 183 Å². The predicted molar refractivity (Wildman–Crippen MR) is 119 cm³/mol. The molecule has 2 atom stereocenters. The molecule has 4 nitrogen and oxygen atoms in total. The number of aryl methyl sites for hydroxylation is 1. The molecule has 2 aromatic carbocycles. The van der Waals surface area contributed by atoms with Crippen LogP contribution < -0.4 is 5.32 Å². The molecular formula is C23H28Cl2N2O2. The molecule has 0 aliphatic heterocycles. The van der Waals surface area contributed by atoms with Gasteiger partial charge >= 0.3 is 0 Å². The van der Waals surface area contributed by atoms with Gasteiger partial charge in [0.2, 0.25) is 11.8 Å². The van der Waals surface area contributed by atoms with Crippen molar-refractivity contribution in [2.45, 2.75) is 59.2 Å². The number of halogens is 2. The largest absolute Gasteiger partial charge is 0.352 e. The van der Waals surface area contributed by atoms with Crippen molar-refractivity contribution in [2.24, 2.45) is 0 Å². The van der Waals surface area contributed by atoms with Crippen LogP contribution in [0.25, 0.3) is 0 Å². The maximum atomic E-state index is 13.2. The van der Waals surface area contributed by atoms with Crippen molar-refractivity contribution in [3.63, 3.8) is 0 Å². The molecule has 0 heterocycles. The molecule has 2 aromatic rings. The highest BCUT2D eigenvalue weighted by Crippen LogP contribution is 2.23. The van der Waals surface area contributed by atoms with Gasteiger partial charge in [0.25, 0.3) is 0 Å². The molecular weight excluding hydrogens is 407 g/mol. The van der Waals surface area contributed by atoms with Crippen LogP contribution in [0.4, 0.5) is 0 Å². The summed E-state index contributed by atoms with van der Waals surface area (Å²) in [5.74, 6) is -0.330. The Morgan fingerprint density at radius 1 is 1.07 bits per heavy atom. The van der Waals surface area contributed by atoms with E-state index >= 15 is 0 Å². The van der Waals surface area contributed by atoms with Gasteiger partial charge in [-0.3, -0.25) is 9.59 Å². The molecule has 0 bridgehead atoms. The summed E-state index contributed by atoms with van der Waals surface area (Å²) in [5, 5.41) is 3.93. The number of nitrogens with one attached hydrogen (secondary N) is 1. The first-order chi connectivity index (χ1) is 13.7. The maximum Gasteiger partial charge on any atom is 0.242 e. The van der Waals surface area contributed by atoms with E-state index in [1.165, 1.54) is 0 Å². The van der Waals surface area contributed by atoms with Crippen molar-refractivity contribution in [1.29, 1.82) is 0 Å². The summed E-state index contributed by atoms with van der Waals surface area (Å²) >= 11 is 12.2. The van der Waals surface area contributed by atoms with E-state index in [2.05, 4.69) is 5.32 Å². The van der Waals surface area contributed by atoms with Crippen LogP contribution in [-0.2, 0) is 22.6 Å². The third-order valence-electron chi connectivity index (χ3n) is 5.00. The van der Waals surface area contributed by atoms with Gasteiger partial charge in [-0.15, -0.1) is 0 Å². The average molecular weight is 435 g/mol. The number of carbonyl (C=O) groups is 2. The average Bonchev–Trinajstić information content (AvgIpc) is 2.68. The Hall–Kier alpha value is -2.04. The van der Waals surface area contributed by atoms with Crippen molar-refractivity contribution in [1.82, 2.24) is 10.2 Å². The van der Waals surface area contributed by atoms with E-state index in [0.29, 0.717) is 22.2 Å². The Bertz CT molecular complexity index is 852. The molecule has 0 aliphatic carbocycles. The van der Waals surface area contributed by atoms with Gasteiger partial charge in [0.1, 0.15) is 6.04 Å². The summed E-state index contributed by atoms with van der Waals surface area (Å²) in [6.45, 7) is 8.07. The minimum absolute atomic E-state index is 0.0481. The van der Waals surface area contributed by atoms with Crippen molar-refractivity contribution in [3.8, 4) is 0 Å². The molecule has 0 saturated carbocycles. The minimum atomic E-state index is -0.608. The van der Waals surface area contributed by atoms with Crippen LogP contribution in [0.15, 0.2) is 42.5 Å². The molecule has 0 spiro atoms. The summed E-state index contributed by atoms with van der Waals surface area (Å²) in [6, 6.07) is 12.5. The molecule has 0 radical (unpaired) electrons. The fraction of sp³-hybridized carbons (Fsp3) is 0.391. The number of carbonyl (C=O) groups excluding carboxylic acids is 2. The second-order valence-corrected chi connectivity index (χ2v) is 8.26. The zero-order valence-corrected chi connectivity index (χ0v) is 18.8. The summed E-state index contributed by atoms with van der Waals surface area (Å²) in [4.78, 5) is 27.5. The highest BCUT2D eigenvalue weighted by Gasteiger charge is 2.27. The number of benzene rings is 2. The van der Waals surface area contributed by atoms with Crippen molar-refractivity contribution in [2.75, 3.05) is 0 Å². The molecule has 0 saturated heterocycles. The van der Waals surface area contributed by atoms with Crippen LogP contribution in [-0.4, -0.2) is 28.8 Å². The van der Waals surface area contributed by atoms with E-state index in [9.17, 15) is 9.59 Å². The van der Waals surface area contributed by atoms with Crippen LogP contribution >= 0.6 is 23.2 Å². The van der Waals surface area contributed by atoms with Gasteiger partial charge in [-0.2, -0.15) is 0 Å². The lowest BCUT2D eigenvalue weighted by Gasteiger charge is -2.30. The lowest BCUT2D eigenvalue weighted by atomic mass is 10.1. The molecule has 2 amide bonds. The number of rotatable bonds is 8. The standard InChI is InChI=1S/C23H28Cl2N2O2/c1-5-16(3)26-23(29)17(4)27(14-18-8-6-15(2)7-9-18)22(28)12-19-10-11-20(24)13-21(19)25/h6-11,13,16-17H,5,12,14H2,1-4H3,(H,26,29). The number of amides is 2. The minimum Gasteiger partial charge on any atom is -0.352 e. The number of nitrogens with zero attached hydrogens (tertiary/aromatic N) is 1. The van der Waals surface area contributed by atoms with E-state index in [4.69, 9.17) is 23.2 Å². The Balaban J connectivity index is 2.25. The molecule has 2 rings (SSSR count). The third-order valence-corrected chi connectivity index (χ3v) is 5.59. The molecule has 29 heavy (non-hydrogen) atoms. The molecule has 6 heteroatoms. The topological polar surface area (TPSA) is 49.4 Å². The molecule has 156 valence electrons. The number of hydrogen-bond donors (Lipinski definition) is 1. The van der Waals surface area contributed by atoms with Gasteiger partial charge in [-0.1, -0.05) is 66.0 Å². The Morgan fingerprint density at radius 3 is 2.31 bits per heavy atom. The second-order valence-electron chi connectivity index (χ2n) is 7.41. The van der Waals surface area contributed by atoms with Gasteiger partial charge in [-0.05, 0) is 50.5 Å². The first kappa shape index (κ1) is 23.2. The van der Waals surface area contributed by atoms with Crippen LogP contribution in [0.2, 0.25) is 10.0 Å². The normalized spacial score (nSPS) is 12.9. The Kier molecular flexibility index (Phi) is 8.54. The van der Waals surface area contributed by atoms with E-state index in [1.54, 1.807) is 30.0 Å². The van der Waals surface area contributed by atoms with Crippen molar-refractivity contribution in [3.05, 3.63) is 69.2 Å². The summed E-state index contributed by atoms with van der Waals surface area (Å²) in [5.41, 5.74) is 2.79. The van der Waals surface area contributed by atoms with Gasteiger partial charge in [0.05, 0.1) is 6.42 Å². The lowest BCUT2D eigenvalue weighted by Crippen LogP contribution is -2.49. The third kappa shape index (κ3) is 6.76. The van der Waals surface area contributed by atoms with E-state index in [0.717, 1.165) is 17.5 Å². The van der Waals surface area contributed by atoms with Gasteiger partial charge < -0.3 is 10.2 Å². The Morgan fingerprint density at radius 2 is 1.72 bits per heavy atom. The van der Waals surface area contributed by atoms with E-state index < -0.39 is 6.04 Å². The monoisotopic (exact) mass is 434 g/mol. The van der Waals surface area contributed by atoms with E-state index in [-0.39, 0.29) is 24.3 Å². The lowest BCUT2D eigenvalue weighted by molar-refractivity contribution is -0.140. The molecule has 1 N–H and O–H groups in total. The maximum absolute atomic E-state index is 13.2. The van der Waals surface area contributed by atoms with Crippen LogP contribution in [0.5, 0.6) is 0 Å². The fourth-order valence-electron chi connectivity index (χ4n) is 2.87. The van der Waals surface area contributed by atoms with Crippen molar-refractivity contribution < 1.29 is 9.59 Å². The van der Waals surface area contributed by atoms with Gasteiger partial charge in [0, 0.05) is 22.6 Å². The first-order valence-corrected chi connectivity index (χ1v) is 10.6. The SMILES string of the molecule is CCC(C)NC(=O)C(C)N(Cc1ccc(C)cc1)C(=O)Cc1ccc(Cl)cc1Cl. The van der Waals surface area contributed by atoms with Crippen LogP contribution in [0.1, 0.15) is 43.9 Å². The zero-order chi connectivity index (χ0) is 21.6. The number of hydrogen-bond acceptors (Lipinski definition) is 2. The second kappa shape index (κ2) is 10.7. The quantitative estimate of drug-likeness (QED) is 0.622. The highest BCUT2D eigenvalue weighted by molar-refractivity contribution is 6.35. The van der Waals surface area contributed by atoms with E-state index in [1.807, 2.05) is 45.0 Å². The van der Waals surface area contributed by atoms with Crippen LogP contribution in [0, 0.1) is 6.92 Å². The molecule has 0 aliphatic rings. The van der Waals surface area contributed by atoms with Gasteiger partial charge in [0.15, 0.2) is 0 Å². The fourth-order valence-corrected chi connectivity index (χ4v) is 3.34. The highest BCUT2D eigenvalue weighted by atomic mass is 35.5.